The van der Waals surface area contributed by atoms with Gasteiger partial charge in [-0.1, -0.05) is 24.3 Å². The van der Waals surface area contributed by atoms with Crippen LogP contribution < -0.4 is 0 Å². The number of hydrogen-bond acceptors (Lipinski definition) is 6. The van der Waals surface area contributed by atoms with Crippen LogP contribution in [0.1, 0.15) is 51.1 Å². The molecule has 1 N–H and O–H groups in total. The van der Waals surface area contributed by atoms with E-state index in [-0.39, 0.29) is 24.5 Å². The Morgan fingerprint density at radius 1 is 0.971 bits per heavy atom. The average Bonchev–Trinajstić information content (AvgIpc) is 3.11. The Hall–Kier alpha value is -4.26. The summed E-state index contributed by atoms with van der Waals surface area (Å²) in [6, 6.07) is 14.8. The van der Waals surface area contributed by atoms with E-state index in [1.807, 2.05) is 19.9 Å². The molecular formula is C28H26N2O5. The molecule has 1 aliphatic heterocycles. The van der Waals surface area contributed by atoms with Gasteiger partial charge in [0.25, 0.3) is 11.7 Å². The maximum Gasteiger partial charge on any atom is 0.338 e. The van der Waals surface area contributed by atoms with Crippen molar-refractivity contribution in [2.75, 3.05) is 6.61 Å². The van der Waals surface area contributed by atoms with Gasteiger partial charge in [-0.25, -0.2) is 4.79 Å². The largest absolute Gasteiger partial charge is 0.507 e. The number of amides is 1. The molecule has 4 rings (SSSR count). The number of nitrogens with zero attached hydrogens (tertiary/aromatic N) is 2. The van der Waals surface area contributed by atoms with E-state index in [0.29, 0.717) is 16.7 Å². The van der Waals surface area contributed by atoms with E-state index in [1.165, 1.54) is 4.90 Å². The Bertz CT molecular complexity index is 1310. The third-order valence-electron chi connectivity index (χ3n) is 6.16. The first kappa shape index (κ1) is 23.9. The van der Waals surface area contributed by atoms with Crippen LogP contribution in [0.5, 0.6) is 0 Å². The first-order chi connectivity index (χ1) is 16.8. The summed E-state index contributed by atoms with van der Waals surface area (Å²) in [4.78, 5) is 43.8. The lowest BCUT2D eigenvalue weighted by Gasteiger charge is -2.25. The standard InChI is InChI=1S/C28H26N2O5/c1-4-35-28(34)21-9-6-19(7-10-21)16-30-24(20-11-13-29-14-12-20)23(26(32)27(30)33)25(31)22-8-5-17(2)18(3)15-22/h5-15,24,31H,4,16H2,1-3H3/b25-23-. The first-order valence-corrected chi connectivity index (χ1v) is 11.3. The number of rotatable bonds is 6. The second-order valence-corrected chi connectivity index (χ2v) is 8.42. The van der Waals surface area contributed by atoms with Gasteiger partial charge >= 0.3 is 5.97 Å². The van der Waals surface area contributed by atoms with Crippen molar-refractivity contribution in [3.05, 3.63) is 106 Å². The van der Waals surface area contributed by atoms with Crippen LogP contribution in [0.2, 0.25) is 0 Å². The minimum Gasteiger partial charge on any atom is -0.507 e. The molecule has 0 saturated carbocycles. The van der Waals surface area contributed by atoms with Gasteiger partial charge in [0.15, 0.2) is 0 Å². The second kappa shape index (κ2) is 9.93. The van der Waals surface area contributed by atoms with Gasteiger partial charge in [0.2, 0.25) is 0 Å². The summed E-state index contributed by atoms with van der Waals surface area (Å²) in [5.41, 5.74) is 4.32. The molecule has 0 radical (unpaired) electrons. The van der Waals surface area contributed by atoms with E-state index in [9.17, 15) is 19.5 Å². The lowest BCUT2D eigenvalue weighted by Crippen LogP contribution is -2.29. The summed E-state index contributed by atoms with van der Waals surface area (Å²) >= 11 is 0. The van der Waals surface area contributed by atoms with Crippen molar-refractivity contribution >= 4 is 23.4 Å². The molecule has 1 aromatic heterocycles. The molecule has 1 aliphatic rings. The van der Waals surface area contributed by atoms with Crippen molar-refractivity contribution in [2.45, 2.75) is 33.4 Å². The number of ether oxygens (including phenoxy) is 1. The monoisotopic (exact) mass is 470 g/mol. The Balaban J connectivity index is 1.76. The molecule has 1 fully saturated rings. The molecule has 7 nitrogen and oxygen atoms in total. The predicted molar refractivity (Wildman–Crippen MR) is 130 cm³/mol. The van der Waals surface area contributed by atoms with Crippen LogP contribution in [-0.2, 0) is 20.9 Å². The summed E-state index contributed by atoms with van der Waals surface area (Å²) in [6.07, 6.45) is 3.17. The van der Waals surface area contributed by atoms with Crippen molar-refractivity contribution in [1.29, 1.82) is 0 Å². The fraction of sp³-hybridized carbons (Fsp3) is 0.214. The minimum atomic E-state index is -0.788. The number of carbonyl (C=O) groups is 3. The number of ketones is 1. The molecule has 2 aromatic carbocycles. The third kappa shape index (κ3) is 4.71. The Morgan fingerprint density at radius 2 is 1.63 bits per heavy atom. The number of aliphatic hydroxyl groups is 1. The Kier molecular flexibility index (Phi) is 6.78. The van der Waals surface area contributed by atoms with E-state index >= 15 is 0 Å². The lowest BCUT2D eigenvalue weighted by atomic mass is 9.94. The number of aryl methyl sites for hydroxylation is 2. The van der Waals surface area contributed by atoms with E-state index in [4.69, 9.17) is 4.74 Å². The molecule has 0 spiro atoms. The highest BCUT2D eigenvalue weighted by atomic mass is 16.5. The maximum absolute atomic E-state index is 13.2. The summed E-state index contributed by atoms with van der Waals surface area (Å²) < 4.78 is 5.02. The number of hydrogen-bond donors (Lipinski definition) is 1. The SMILES string of the molecule is CCOC(=O)c1ccc(CN2C(=O)C(=O)/C(=C(\O)c3ccc(C)c(C)c3)C2c2ccncc2)cc1. The third-order valence-corrected chi connectivity index (χ3v) is 6.16. The van der Waals surface area contributed by atoms with Gasteiger partial charge in [-0.05, 0) is 73.4 Å². The number of likely N-dealkylation sites (tertiary alicyclic amines) is 1. The van der Waals surface area contributed by atoms with Crippen LogP contribution >= 0.6 is 0 Å². The number of Topliss-reactive ketones (excluding diaryl/α,β-unsaturated/α-hetero) is 1. The second-order valence-electron chi connectivity index (χ2n) is 8.42. The zero-order valence-electron chi connectivity index (χ0n) is 19.8. The molecule has 1 unspecified atom stereocenters. The summed E-state index contributed by atoms with van der Waals surface area (Å²) in [5, 5.41) is 11.2. The van der Waals surface area contributed by atoms with Gasteiger partial charge in [-0.3, -0.25) is 14.6 Å². The highest BCUT2D eigenvalue weighted by Crippen LogP contribution is 2.40. The molecule has 7 heteroatoms. The molecule has 3 aromatic rings. The van der Waals surface area contributed by atoms with Crippen LogP contribution in [0.4, 0.5) is 0 Å². The van der Waals surface area contributed by atoms with Gasteiger partial charge in [-0.15, -0.1) is 0 Å². The van der Waals surface area contributed by atoms with Crippen LogP contribution in [-0.4, -0.2) is 39.3 Å². The van der Waals surface area contributed by atoms with Crippen molar-refractivity contribution in [2.24, 2.45) is 0 Å². The summed E-state index contributed by atoms with van der Waals surface area (Å²) in [5.74, 6) is -2.09. The fourth-order valence-corrected chi connectivity index (χ4v) is 4.14. The number of benzene rings is 2. The summed E-state index contributed by atoms with van der Waals surface area (Å²) in [7, 11) is 0. The van der Waals surface area contributed by atoms with Crippen LogP contribution in [0.3, 0.4) is 0 Å². The molecule has 178 valence electrons. The molecule has 0 aliphatic carbocycles. The van der Waals surface area contributed by atoms with Crippen molar-refractivity contribution in [3.8, 4) is 0 Å². The van der Waals surface area contributed by atoms with E-state index in [2.05, 4.69) is 4.98 Å². The number of aliphatic hydroxyl groups excluding tert-OH is 1. The van der Waals surface area contributed by atoms with Gasteiger partial charge in [-0.2, -0.15) is 0 Å². The van der Waals surface area contributed by atoms with Gasteiger partial charge in [0, 0.05) is 24.5 Å². The molecular weight excluding hydrogens is 444 g/mol. The topological polar surface area (TPSA) is 96.8 Å². The summed E-state index contributed by atoms with van der Waals surface area (Å²) in [6.45, 7) is 6.01. The number of aromatic nitrogens is 1. The predicted octanol–water partition coefficient (Wildman–Crippen LogP) is 4.50. The fourth-order valence-electron chi connectivity index (χ4n) is 4.14. The van der Waals surface area contributed by atoms with E-state index < -0.39 is 23.7 Å². The molecule has 2 heterocycles. The normalized spacial score (nSPS) is 17.0. The van der Waals surface area contributed by atoms with E-state index in [0.717, 1.165) is 16.7 Å². The number of pyridine rings is 1. The van der Waals surface area contributed by atoms with Gasteiger partial charge in [0.05, 0.1) is 23.8 Å². The van der Waals surface area contributed by atoms with Gasteiger partial charge < -0.3 is 14.7 Å². The minimum absolute atomic E-state index is 0.0348. The zero-order valence-corrected chi connectivity index (χ0v) is 19.8. The maximum atomic E-state index is 13.2. The smallest absolute Gasteiger partial charge is 0.338 e. The van der Waals surface area contributed by atoms with Crippen molar-refractivity contribution in [3.63, 3.8) is 0 Å². The van der Waals surface area contributed by atoms with Crippen molar-refractivity contribution in [1.82, 2.24) is 9.88 Å². The average molecular weight is 471 g/mol. The van der Waals surface area contributed by atoms with Gasteiger partial charge in [0.1, 0.15) is 5.76 Å². The van der Waals surface area contributed by atoms with E-state index in [1.54, 1.807) is 67.8 Å². The Labute approximate surface area is 203 Å². The number of carbonyl (C=O) groups excluding carboxylic acids is 3. The van der Waals surface area contributed by atoms with Crippen LogP contribution in [0, 0.1) is 13.8 Å². The first-order valence-electron chi connectivity index (χ1n) is 11.3. The van der Waals surface area contributed by atoms with Crippen LogP contribution in [0.25, 0.3) is 5.76 Å². The molecule has 1 amide bonds. The quantitative estimate of drug-likeness (QED) is 0.247. The molecule has 35 heavy (non-hydrogen) atoms. The number of esters is 1. The molecule has 1 saturated heterocycles. The van der Waals surface area contributed by atoms with Crippen LogP contribution in [0.15, 0.2) is 72.6 Å². The highest BCUT2D eigenvalue weighted by Gasteiger charge is 2.46. The van der Waals surface area contributed by atoms with Crippen molar-refractivity contribution < 1.29 is 24.2 Å². The lowest BCUT2D eigenvalue weighted by molar-refractivity contribution is -0.140. The highest BCUT2D eigenvalue weighted by molar-refractivity contribution is 6.46. The molecule has 1 atom stereocenters. The Morgan fingerprint density at radius 3 is 2.26 bits per heavy atom. The zero-order chi connectivity index (χ0) is 25.1. The molecule has 0 bridgehead atoms.